The lowest BCUT2D eigenvalue weighted by atomic mass is 10.2. The van der Waals surface area contributed by atoms with Gasteiger partial charge in [0.2, 0.25) is 0 Å². The summed E-state index contributed by atoms with van der Waals surface area (Å²) in [5.41, 5.74) is 1.45. The smallest absolute Gasteiger partial charge is 0.267 e. The molecule has 0 radical (unpaired) electrons. The lowest BCUT2D eigenvalue weighted by molar-refractivity contribution is -0.118. The number of ketones is 1. The molecular weight excluding hydrogens is 584 g/mol. The lowest BCUT2D eigenvalue weighted by Gasteiger charge is -2.10. The Morgan fingerprint density at radius 3 is 2.21 bits per heavy atom. The summed E-state index contributed by atoms with van der Waals surface area (Å²) < 4.78 is 21.8. The number of Topliss-reactive ketones (excluding diaryl/α,β-unsaturated/α-hetero) is 1. The number of aryl methyl sites for hydroxylation is 2. The van der Waals surface area contributed by atoms with Crippen LogP contribution in [0.4, 0.5) is 22.5 Å². The average Bonchev–Trinajstić information content (AvgIpc) is 3.41. The van der Waals surface area contributed by atoms with Gasteiger partial charge in [-0.2, -0.15) is 0 Å². The summed E-state index contributed by atoms with van der Waals surface area (Å²) in [5, 5.41) is 10.2. The van der Waals surface area contributed by atoms with Crippen molar-refractivity contribution < 1.29 is 28.5 Å². The summed E-state index contributed by atoms with van der Waals surface area (Å²) >= 11 is 7.43. The molecule has 0 atom stereocenters. The molecule has 14 heteroatoms. The zero-order valence-corrected chi connectivity index (χ0v) is 25.6. The number of carbonyl (C=O) groups is 2. The first-order chi connectivity index (χ1) is 20.3. The summed E-state index contributed by atoms with van der Waals surface area (Å²) in [7, 11) is 0. The number of benzene rings is 1. The Kier molecular flexibility index (Phi) is 14.6. The van der Waals surface area contributed by atoms with Crippen LogP contribution < -0.4 is 16.0 Å². The van der Waals surface area contributed by atoms with Gasteiger partial charge >= 0.3 is 0 Å². The van der Waals surface area contributed by atoms with Crippen LogP contribution in [0.5, 0.6) is 0 Å². The number of carbonyl (C=O) groups excluding carboxylic acids is 2. The number of hydrogen-bond donors (Lipinski definition) is 3. The highest BCUT2D eigenvalue weighted by Crippen LogP contribution is 2.28. The van der Waals surface area contributed by atoms with Gasteiger partial charge in [-0.3, -0.25) is 9.59 Å². The van der Waals surface area contributed by atoms with Gasteiger partial charge in [-0.1, -0.05) is 35.1 Å². The van der Waals surface area contributed by atoms with Crippen LogP contribution in [0.25, 0.3) is 0 Å². The van der Waals surface area contributed by atoms with Crippen molar-refractivity contribution in [3.05, 3.63) is 51.7 Å². The predicted molar refractivity (Wildman–Crippen MR) is 163 cm³/mol. The summed E-state index contributed by atoms with van der Waals surface area (Å²) in [6.07, 6.45) is 1.93. The van der Waals surface area contributed by atoms with E-state index in [1.54, 1.807) is 26.0 Å². The fourth-order valence-electron chi connectivity index (χ4n) is 3.46. The highest BCUT2D eigenvalue weighted by atomic mass is 35.5. The molecule has 228 valence electrons. The van der Waals surface area contributed by atoms with Gasteiger partial charge in [-0.15, -0.1) is 0 Å². The zero-order chi connectivity index (χ0) is 30.2. The van der Waals surface area contributed by atoms with Gasteiger partial charge in [-0.05, 0) is 32.4 Å². The minimum absolute atomic E-state index is 0.116. The van der Waals surface area contributed by atoms with E-state index >= 15 is 0 Å². The number of rotatable bonds is 20. The molecule has 0 aliphatic carbocycles. The van der Waals surface area contributed by atoms with Crippen LogP contribution in [0.1, 0.15) is 34.4 Å². The molecule has 0 saturated carbocycles. The van der Waals surface area contributed by atoms with Crippen LogP contribution in [0.15, 0.2) is 30.5 Å². The quantitative estimate of drug-likeness (QED) is 0.152. The Balaban J connectivity index is 1.30. The molecule has 42 heavy (non-hydrogen) atoms. The number of aromatic nitrogens is 3. The Morgan fingerprint density at radius 2 is 1.55 bits per heavy atom. The van der Waals surface area contributed by atoms with Crippen molar-refractivity contribution in [2.45, 2.75) is 27.2 Å². The van der Waals surface area contributed by atoms with Crippen molar-refractivity contribution in [3.63, 3.8) is 0 Å². The summed E-state index contributed by atoms with van der Waals surface area (Å²) in [5.74, 6) is 1.58. The van der Waals surface area contributed by atoms with Crippen LogP contribution in [0.2, 0.25) is 5.02 Å². The maximum absolute atomic E-state index is 12.7. The van der Waals surface area contributed by atoms with Crippen molar-refractivity contribution in [2.75, 3.05) is 75.4 Å². The molecule has 3 N–H and O–H groups in total. The van der Waals surface area contributed by atoms with Crippen LogP contribution in [0.3, 0.4) is 0 Å². The maximum Gasteiger partial charge on any atom is 0.267 e. The number of ether oxygens (including phenoxy) is 4. The fraction of sp³-hybridized carbons (Fsp3) is 0.464. The third-order valence-electron chi connectivity index (χ3n) is 5.53. The van der Waals surface area contributed by atoms with E-state index in [9.17, 15) is 9.59 Å². The van der Waals surface area contributed by atoms with E-state index in [0.717, 1.165) is 5.56 Å². The van der Waals surface area contributed by atoms with E-state index in [4.69, 9.17) is 30.5 Å². The first-order valence-electron chi connectivity index (χ1n) is 13.5. The number of nitrogens with zero attached hydrogens (tertiary/aromatic N) is 3. The third kappa shape index (κ3) is 12.3. The number of amides is 1. The van der Waals surface area contributed by atoms with Crippen molar-refractivity contribution >= 4 is 57.1 Å². The molecular formula is C28H37ClN6O6S. The predicted octanol–water partition coefficient (Wildman–Crippen LogP) is 4.66. The molecule has 0 bridgehead atoms. The van der Waals surface area contributed by atoms with Gasteiger partial charge in [-0.25, -0.2) is 15.0 Å². The van der Waals surface area contributed by atoms with Crippen molar-refractivity contribution in [1.82, 2.24) is 15.0 Å². The molecule has 2 heterocycles. The Labute approximate surface area is 254 Å². The van der Waals surface area contributed by atoms with E-state index in [1.807, 2.05) is 19.1 Å². The first kappa shape index (κ1) is 33.3. The molecule has 0 aliphatic rings. The zero-order valence-electron chi connectivity index (χ0n) is 24.0. The minimum atomic E-state index is -0.291. The van der Waals surface area contributed by atoms with E-state index in [1.165, 1.54) is 17.5 Å². The molecule has 12 nitrogen and oxygen atoms in total. The van der Waals surface area contributed by atoms with E-state index in [2.05, 4.69) is 30.9 Å². The number of para-hydroxylation sites is 1. The van der Waals surface area contributed by atoms with E-state index in [-0.39, 0.29) is 11.7 Å². The van der Waals surface area contributed by atoms with Gasteiger partial charge in [0.05, 0.1) is 69.8 Å². The molecule has 1 amide bonds. The highest BCUT2D eigenvalue weighted by Gasteiger charge is 2.14. The van der Waals surface area contributed by atoms with Crippen LogP contribution in [0, 0.1) is 13.8 Å². The second-order valence-electron chi connectivity index (χ2n) is 9.05. The van der Waals surface area contributed by atoms with Crippen LogP contribution in [-0.2, 0) is 23.7 Å². The average molecular weight is 621 g/mol. The number of halogens is 1. The van der Waals surface area contributed by atoms with Gasteiger partial charge in [0.25, 0.3) is 5.91 Å². The van der Waals surface area contributed by atoms with E-state index in [0.29, 0.717) is 104 Å². The first-order valence-corrected chi connectivity index (χ1v) is 14.7. The molecule has 0 aliphatic heterocycles. The van der Waals surface area contributed by atoms with Crippen molar-refractivity contribution in [3.8, 4) is 0 Å². The Hall–Kier alpha value is -3.20. The lowest BCUT2D eigenvalue weighted by Crippen LogP contribution is -2.15. The van der Waals surface area contributed by atoms with Crippen LogP contribution in [-0.4, -0.2) is 86.0 Å². The minimum Gasteiger partial charge on any atom is -0.379 e. The molecule has 2 aromatic heterocycles. The molecule has 0 unspecified atom stereocenters. The topological polar surface area (TPSA) is 146 Å². The van der Waals surface area contributed by atoms with Gasteiger partial charge in [0.15, 0.2) is 5.13 Å². The van der Waals surface area contributed by atoms with Crippen molar-refractivity contribution in [2.24, 2.45) is 0 Å². The second-order valence-corrected chi connectivity index (χ2v) is 10.5. The number of thiazole rings is 1. The van der Waals surface area contributed by atoms with Gasteiger partial charge in [0, 0.05) is 19.0 Å². The Bertz CT molecular complexity index is 1270. The summed E-state index contributed by atoms with van der Waals surface area (Å²) in [6, 6.07) is 7.20. The maximum atomic E-state index is 12.7. The van der Waals surface area contributed by atoms with Crippen LogP contribution >= 0.6 is 22.9 Å². The third-order valence-corrected chi connectivity index (χ3v) is 6.76. The number of hydrogen-bond acceptors (Lipinski definition) is 12. The number of anilines is 4. The second kappa shape index (κ2) is 18.4. The number of nitrogens with one attached hydrogen (secondary N) is 3. The molecule has 3 aromatic rings. The largest absolute Gasteiger partial charge is 0.379 e. The Morgan fingerprint density at radius 1 is 0.905 bits per heavy atom. The molecule has 3 rings (SSSR count). The standard InChI is InChI=1S/C28H37ClN6O6S/c1-19-5-4-6-22(29)26(19)35-27(37)23-18-31-28(42-23)34-25-17-24(32-21(3)33-25)30-8-10-39-12-14-41-16-15-40-13-11-38-9-7-20(2)36/h4-6,17-18H,7-16H2,1-3H3,(H,35,37)(H2,30,31,32,33,34). The summed E-state index contributed by atoms with van der Waals surface area (Å²) in [6.45, 7) is 9.45. The normalized spacial score (nSPS) is 11.0. The highest BCUT2D eigenvalue weighted by molar-refractivity contribution is 7.17. The van der Waals surface area contributed by atoms with Gasteiger partial charge < -0.3 is 34.9 Å². The SMILES string of the molecule is CC(=O)CCOCCOCCOCCOCCNc1cc(Nc2ncc(C(=O)Nc3c(C)cccc3Cl)s2)nc(C)n1. The van der Waals surface area contributed by atoms with Crippen molar-refractivity contribution in [1.29, 1.82) is 0 Å². The van der Waals surface area contributed by atoms with Gasteiger partial charge in [0.1, 0.15) is 28.1 Å². The summed E-state index contributed by atoms with van der Waals surface area (Å²) in [4.78, 5) is 37.1. The molecule has 0 spiro atoms. The monoisotopic (exact) mass is 620 g/mol. The molecule has 0 saturated heterocycles. The fourth-order valence-corrected chi connectivity index (χ4v) is 4.45. The molecule has 0 fully saturated rings. The van der Waals surface area contributed by atoms with E-state index < -0.39 is 0 Å². The molecule has 1 aromatic carbocycles.